The molecule has 0 radical (unpaired) electrons. The molecule has 0 aromatic carbocycles. The third-order valence-corrected chi connectivity index (χ3v) is 3.05. The number of halogens is 1. The molecule has 0 atom stereocenters. The quantitative estimate of drug-likeness (QED) is 0.927. The van der Waals surface area contributed by atoms with Crippen LogP contribution in [0.25, 0.3) is 11.4 Å². The van der Waals surface area contributed by atoms with Gasteiger partial charge >= 0.3 is 0 Å². The van der Waals surface area contributed by atoms with Crippen LogP contribution in [-0.2, 0) is 7.05 Å². The molecule has 0 aliphatic carbocycles. The Morgan fingerprint density at radius 3 is 2.68 bits per heavy atom. The van der Waals surface area contributed by atoms with Crippen LogP contribution < -0.4 is 5.73 Å². The van der Waals surface area contributed by atoms with E-state index in [9.17, 15) is 4.79 Å². The van der Waals surface area contributed by atoms with Crippen LogP contribution in [0.3, 0.4) is 0 Å². The second-order valence-corrected chi connectivity index (χ2v) is 4.89. The van der Waals surface area contributed by atoms with Crippen LogP contribution in [0.1, 0.15) is 35.9 Å². The predicted octanol–water partition coefficient (Wildman–Crippen LogP) is 1.75. The van der Waals surface area contributed by atoms with E-state index >= 15 is 0 Å². The molecule has 2 rings (SSSR count). The van der Waals surface area contributed by atoms with E-state index in [-0.39, 0.29) is 11.7 Å². The van der Waals surface area contributed by atoms with Gasteiger partial charge in [0.1, 0.15) is 5.69 Å². The van der Waals surface area contributed by atoms with E-state index in [1.54, 1.807) is 17.9 Å². The Balaban J connectivity index is 2.67. The second kappa shape index (κ2) is 4.97. The molecule has 19 heavy (non-hydrogen) atoms. The number of primary amides is 1. The highest BCUT2D eigenvalue weighted by atomic mass is 35.5. The van der Waals surface area contributed by atoms with Crippen LogP contribution in [0.5, 0.6) is 0 Å². The van der Waals surface area contributed by atoms with Gasteiger partial charge in [0.2, 0.25) is 5.82 Å². The van der Waals surface area contributed by atoms with Crippen LogP contribution in [0, 0.1) is 0 Å². The number of hydrogen-bond acceptors (Lipinski definition) is 4. The van der Waals surface area contributed by atoms with Gasteiger partial charge in [0.25, 0.3) is 5.91 Å². The Morgan fingerprint density at radius 1 is 1.42 bits per heavy atom. The lowest BCUT2D eigenvalue weighted by Crippen LogP contribution is -2.16. The monoisotopic (exact) mass is 279 g/mol. The molecule has 2 aromatic rings. The fourth-order valence-corrected chi connectivity index (χ4v) is 2.00. The molecular formula is C12H14ClN5O. The van der Waals surface area contributed by atoms with Crippen LogP contribution in [-0.4, -0.2) is 25.7 Å². The van der Waals surface area contributed by atoms with Gasteiger partial charge in [-0.3, -0.25) is 9.48 Å². The Hall–Kier alpha value is -1.95. The molecule has 0 saturated heterocycles. The number of nitrogens with zero attached hydrogens (tertiary/aromatic N) is 4. The summed E-state index contributed by atoms with van der Waals surface area (Å²) in [7, 11) is 1.80. The first kappa shape index (κ1) is 13.5. The molecule has 0 aliphatic heterocycles. The van der Waals surface area contributed by atoms with Gasteiger partial charge in [-0.2, -0.15) is 5.10 Å². The zero-order valence-electron chi connectivity index (χ0n) is 10.9. The summed E-state index contributed by atoms with van der Waals surface area (Å²) in [5.41, 5.74) is 7.43. The number of nitrogens with two attached hydrogens (primary N) is 1. The molecule has 2 aromatic heterocycles. The van der Waals surface area contributed by atoms with E-state index in [1.807, 2.05) is 13.8 Å². The minimum atomic E-state index is -0.689. The third kappa shape index (κ3) is 2.44. The SMILES string of the molecule is CC(C)c1cnn(C)c1-c1nc(C(N)=O)ncc1Cl. The lowest BCUT2D eigenvalue weighted by atomic mass is 10.0. The van der Waals surface area contributed by atoms with Crippen molar-refractivity contribution in [3.05, 3.63) is 28.8 Å². The first-order valence-electron chi connectivity index (χ1n) is 5.76. The lowest BCUT2D eigenvalue weighted by Gasteiger charge is -2.10. The number of hydrogen-bond donors (Lipinski definition) is 1. The molecular weight excluding hydrogens is 266 g/mol. The molecule has 0 aliphatic rings. The van der Waals surface area contributed by atoms with Gasteiger partial charge in [0.15, 0.2) is 0 Å². The van der Waals surface area contributed by atoms with E-state index in [0.717, 1.165) is 11.3 Å². The first-order valence-corrected chi connectivity index (χ1v) is 6.14. The summed E-state index contributed by atoms with van der Waals surface area (Å²) in [4.78, 5) is 19.1. The summed E-state index contributed by atoms with van der Waals surface area (Å²) in [6.07, 6.45) is 3.14. The largest absolute Gasteiger partial charge is 0.363 e. The van der Waals surface area contributed by atoms with Crippen molar-refractivity contribution < 1.29 is 4.79 Å². The Labute approximate surface area is 115 Å². The van der Waals surface area contributed by atoms with Crippen molar-refractivity contribution in [3.63, 3.8) is 0 Å². The van der Waals surface area contributed by atoms with Gasteiger partial charge in [-0.15, -0.1) is 0 Å². The van der Waals surface area contributed by atoms with Gasteiger partial charge in [-0.05, 0) is 5.92 Å². The van der Waals surface area contributed by atoms with Crippen molar-refractivity contribution in [1.29, 1.82) is 0 Å². The van der Waals surface area contributed by atoms with E-state index < -0.39 is 5.91 Å². The minimum Gasteiger partial charge on any atom is -0.363 e. The summed E-state index contributed by atoms with van der Waals surface area (Å²) in [5.74, 6) is -0.492. The Bertz CT molecular complexity index is 635. The molecule has 2 heterocycles. The molecule has 0 saturated carbocycles. The van der Waals surface area contributed by atoms with Crippen molar-refractivity contribution in [2.75, 3.05) is 0 Å². The molecule has 0 fully saturated rings. The first-order chi connectivity index (χ1) is 8.91. The standard InChI is InChI=1S/C12H14ClN5O/c1-6(2)7-4-16-18(3)10(7)9-8(13)5-15-12(17-9)11(14)19/h4-6H,1-3H3,(H2,14,19). The van der Waals surface area contributed by atoms with Gasteiger partial charge in [0, 0.05) is 12.6 Å². The van der Waals surface area contributed by atoms with Crippen molar-refractivity contribution in [1.82, 2.24) is 19.7 Å². The minimum absolute atomic E-state index is 0.0599. The fourth-order valence-electron chi connectivity index (χ4n) is 1.82. The highest BCUT2D eigenvalue weighted by Crippen LogP contribution is 2.31. The fraction of sp³-hybridized carbons (Fsp3) is 0.333. The van der Waals surface area contributed by atoms with Crippen LogP contribution in [0.4, 0.5) is 0 Å². The lowest BCUT2D eigenvalue weighted by molar-refractivity contribution is 0.0990. The predicted molar refractivity (Wildman–Crippen MR) is 71.9 cm³/mol. The summed E-state index contributed by atoms with van der Waals surface area (Å²) >= 11 is 6.12. The van der Waals surface area contributed by atoms with Gasteiger partial charge in [0.05, 0.1) is 23.1 Å². The van der Waals surface area contributed by atoms with Crippen molar-refractivity contribution in [3.8, 4) is 11.4 Å². The highest BCUT2D eigenvalue weighted by molar-refractivity contribution is 6.32. The average Bonchev–Trinajstić information content (AvgIpc) is 2.71. The molecule has 2 N–H and O–H groups in total. The number of amides is 1. The molecule has 7 heteroatoms. The van der Waals surface area contributed by atoms with Gasteiger partial charge in [-0.25, -0.2) is 9.97 Å². The highest BCUT2D eigenvalue weighted by Gasteiger charge is 2.19. The molecule has 6 nitrogen and oxygen atoms in total. The summed E-state index contributed by atoms with van der Waals surface area (Å²) in [6, 6.07) is 0. The van der Waals surface area contributed by atoms with Crippen LogP contribution >= 0.6 is 11.6 Å². The molecule has 1 amide bonds. The molecule has 0 bridgehead atoms. The maximum absolute atomic E-state index is 11.2. The van der Waals surface area contributed by atoms with E-state index in [1.165, 1.54) is 6.20 Å². The maximum atomic E-state index is 11.2. The third-order valence-electron chi connectivity index (χ3n) is 2.78. The number of carbonyl (C=O) groups excluding carboxylic acids is 1. The number of carbonyl (C=O) groups is 1. The zero-order chi connectivity index (χ0) is 14.2. The van der Waals surface area contributed by atoms with Crippen molar-refractivity contribution >= 4 is 17.5 Å². The second-order valence-electron chi connectivity index (χ2n) is 4.48. The number of rotatable bonds is 3. The van der Waals surface area contributed by atoms with E-state index in [2.05, 4.69) is 15.1 Å². The number of aromatic nitrogens is 4. The average molecular weight is 280 g/mol. The summed E-state index contributed by atoms with van der Waals surface area (Å²) in [5, 5.41) is 4.57. The summed E-state index contributed by atoms with van der Waals surface area (Å²) in [6.45, 7) is 4.09. The maximum Gasteiger partial charge on any atom is 0.286 e. The van der Waals surface area contributed by atoms with Crippen molar-refractivity contribution in [2.24, 2.45) is 12.8 Å². The normalized spacial score (nSPS) is 11.0. The van der Waals surface area contributed by atoms with Crippen LogP contribution in [0.15, 0.2) is 12.4 Å². The number of aryl methyl sites for hydroxylation is 1. The molecule has 0 unspecified atom stereocenters. The topological polar surface area (TPSA) is 86.7 Å². The van der Waals surface area contributed by atoms with E-state index in [0.29, 0.717) is 10.7 Å². The van der Waals surface area contributed by atoms with Gasteiger partial charge in [-0.1, -0.05) is 25.4 Å². The molecule has 100 valence electrons. The van der Waals surface area contributed by atoms with Crippen LogP contribution in [0.2, 0.25) is 5.02 Å². The summed E-state index contributed by atoms with van der Waals surface area (Å²) < 4.78 is 1.67. The zero-order valence-corrected chi connectivity index (χ0v) is 11.6. The smallest absolute Gasteiger partial charge is 0.286 e. The Morgan fingerprint density at radius 2 is 2.11 bits per heavy atom. The van der Waals surface area contributed by atoms with Gasteiger partial charge < -0.3 is 5.73 Å². The molecule has 0 spiro atoms. The van der Waals surface area contributed by atoms with E-state index in [4.69, 9.17) is 17.3 Å². The van der Waals surface area contributed by atoms with Crippen molar-refractivity contribution in [2.45, 2.75) is 19.8 Å². The Kier molecular flexibility index (Phi) is 3.53.